The fourth-order valence-corrected chi connectivity index (χ4v) is 2.64. The monoisotopic (exact) mass is 226 g/mol. The van der Waals surface area contributed by atoms with E-state index in [4.69, 9.17) is 4.74 Å². The molecule has 2 saturated heterocycles. The molecule has 5 heteroatoms. The molecule has 1 amide bonds. The number of hydrogen-bond acceptors (Lipinski definition) is 4. The number of esters is 1. The van der Waals surface area contributed by atoms with E-state index in [0.717, 1.165) is 6.42 Å². The van der Waals surface area contributed by atoms with Crippen LogP contribution in [0.1, 0.15) is 20.3 Å². The number of fused-ring (bicyclic) bond motifs is 2. The highest BCUT2D eigenvalue weighted by molar-refractivity contribution is 5.78. The van der Waals surface area contributed by atoms with E-state index in [-0.39, 0.29) is 29.9 Å². The lowest BCUT2D eigenvalue weighted by Gasteiger charge is -2.30. The van der Waals surface area contributed by atoms with Gasteiger partial charge < -0.3 is 9.64 Å². The van der Waals surface area contributed by atoms with Crippen LogP contribution in [0.5, 0.6) is 0 Å². The van der Waals surface area contributed by atoms with Gasteiger partial charge >= 0.3 is 5.97 Å². The van der Waals surface area contributed by atoms with Crippen LogP contribution in [0.15, 0.2) is 0 Å². The zero-order valence-corrected chi connectivity index (χ0v) is 9.73. The third-order valence-electron chi connectivity index (χ3n) is 3.36. The number of carbonyl (C=O) groups is 2. The van der Waals surface area contributed by atoms with Crippen molar-refractivity contribution >= 4 is 11.9 Å². The highest BCUT2D eigenvalue weighted by atomic mass is 16.5. The minimum atomic E-state index is -0.228. The Balaban J connectivity index is 2.01. The molecule has 3 atom stereocenters. The average molecular weight is 226 g/mol. The molecular weight excluding hydrogens is 208 g/mol. The normalized spacial score (nSPS) is 32.6. The van der Waals surface area contributed by atoms with Gasteiger partial charge in [0.15, 0.2) is 0 Å². The second-order valence-electron chi connectivity index (χ2n) is 4.51. The van der Waals surface area contributed by atoms with Crippen LogP contribution in [-0.2, 0) is 14.3 Å². The quantitative estimate of drug-likeness (QED) is 0.660. The number of rotatable bonds is 2. The van der Waals surface area contributed by atoms with Crippen molar-refractivity contribution in [2.24, 2.45) is 5.92 Å². The summed E-state index contributed by atoms with van der Waals surface area (Å²) in [6.07, 6.45) is 0.966. The van der Waals surface area contributed by atoms with E-state index in [0.29, 0.717) is 19.7 Å². The molecule has 5 nitrogen and oxygen atoms in total. The van der Waals surface area contributed by atoms with Crippen LogP contribution in [0.25, 0.3) is 0 Å². The molecule has 0 radical (unpaired) electrons. The minimum absolute atomic E-state index is 0.0843. The van der Waals surface area contributed by atoms with E-state index in [9.17, 15) is 9.59 Å². The summed E-state index contributed by atoms with van der Waals surface area (Å²) in [5, 5.41) is 3.25. The summed E-state index contributed by atoms with van der Waals surface area (Å²) in [7, 11) is 0. The fourth-order valence-electron chi connectivity index (χ4n) is 2.64. The molecular formula is C11H18N2O3. The smallest absolute Gasteiger partial charge is 0.323 e. The number of nitrogens with zero attached hydrogens (tertiary/aromatic N) is 1. The second-order valence-corrected chi connectivity index (χ2v) is 4.51. The van der Waals surface area contributed by atoms with Crippen molar-refractivity contribution in [3.05, 3.63) is 0 Å². The van der Waals surface area contributed by atoms with Crippen LogP contribution in [0.4, 0.5) is 0 Å². The van der Waals surface area contributed by atoms with Crippen LogP contribution in [0, 0.1) is 5.92 Å². The highest BCUT2D eigenvalue weighted by Gasteiger charge is 2.44. The van der Waals surface area contributed by atoms with E-state index in [2.05, 4.69) is 5.32 Å². The minimum Gasteiger partial charge on any atom is -0.465 e. The van der Waals surface area contributed by atoms with Gasteiger partial charge in [0, 0.05) is 32.0 Å². The Kier molecular flexibility index (Phi) is 3.14. The third-order valence-corrected chi connectivity index (χ3v) is 3.36. The molecule has 0 aromatic carbocycles. The van der Waals surface area contributed by atoms with E-state index in [1.807, 2.05) is 4.90 Å². The molecule has 2 fully saturated rings. The lowest BCUT2D eigenvalue weighted by molar-refractivity contribution is -0.146. The lowest BCUT2D eigenvalue weighted by Crippen LogP contribution is -2.43. The zero-order chi connectivity index (χ0) is 11.7. The van der Waals surface area contributed by atoms with Crippen LogP contribution < -0.4 is 5.32 Å². The molecule has 0 aromatic rings. The average Bonchev–Trinajstić information content (AvgIpc) is 2.53. The van der Waals surface area contributed by atoms with Gasteiger partial charge in [-0.15, -0.1) is 0 Å². The summed E-state index contributed by atoms with van der Waals surface area (Å²) in [6.45, 7) is 5.17. The number of likely N-dealkylation sites (tertiary alicyclic amines) is 1. The molecule has 2 aliphatic heterocycles. The van der Waals surface area contributed by atoms with Crippen molar-refractivity contribution in [2.45, 2.75) is 32.4 Å². The van der Waals surface area contributed by atoms with Crippen molar-refractivity contribution in [2.75, 3.05) is 19.7 Å². The van der Waals surface area contributed by atoms with Gasteiger partial charge in [0.2, 0.25) is 5.91 Å². The predicted octanol–water partition coefficient (Wildman–Crippen LogP) is -0.242. The van der Waals surface area contributed by atoms with Gasteiger partial charge in [0.25, 0.3) is 0 Å². The Hall–Kier alpha value is -1.10. The molecule has 2 heterocycles. The lowest BCUT2D eigenvalue weighted by atomic mass is 9.95. The maximum absolute atomic E-state index is 11.7. The zero-order valence-electron chi connectivity index (χ0n) is 9.73. The van der Waals surface area contributed by atoms with Gasteiger partial charge in [-0.3, -0.25) is 14.9 Å². The van der Waals surface area contributed by atoms with Crippen molar-refractivity contribution in [3.63, 3.8) is 0 Å². The first-order valence-corrected chi connectivity index (χ1v) is 5.80. The van der Waals surface area contributed by atoms with Crippen LogP contribution in [0.2, 0.25) is 0 Å². The Morgan fingerprint density at radius 3 is 2.81 bits per heavy atom. The Morgan fingerprint density at radius 1 is 1.44 bits per heavy atom. The van der Waals surface area contributed by atoms with Gasteiger partial charge in [-0.1, -0.05) is 0 Å². The van der Waals surface area contributed by atoms with Crippen LogP contribution in [0.3, 0.4) is 0 Å². The number of piperidine rings is 1. The molecule has 2 bridgehead atoms. The summed E-state index contributed by atoms with van der Waals surface area (Å²) in [5.41, 5.74) is 0. The second kappa shape index (κ2) is 4.41. The fraction of sp³-hybridized carbons (Fsp3) is 0.818. The molecule has 90 valence electrons. The first-order valence-electron chi connectivity index (χ1n) is 5.80. The number of nitrogens with one attached hydrogen (secondary N) is 1. The number of carbonyl (C=O) groups excluding carboxylic acids is 2. The molecule has 0 spiro atoms. The summed E-state index contributed by atoms with van der Waals surface area (Å²) in [6, 6.07) is 0.0198. The van der Waals surface area contributed by atoms with Crippen molar-refractivity contribution in [1.82, 2.24) is 10.2 Å². The van der Waals surface area contributed by atoms with E-state index in [1.54, 1.807) is 13.8 Å². The molecule has 16 heavy (non-hydrogen) atoms. The number of amides is 1. The van der Waals surface area contributed by atoms with Gasteiger partial charge in [-0.25, -0.2) is 0 Å². The van der Waals surface area contributed by atoms with Crippen LogP contribution in [-0.4, -0.2) is 48.6 Å². The summed E-state index contributed by atoms with van der Waals surface area (Å²) in [5.74, 6) is 0.114. The van der Waals surface area contributed by atoms with Crippen LogP contribution >= 0.6 is 0 Å². The van der Waals surface area contributed by atoms with Gasteiger partial charge in [0.05, 0.1) is 6.61 Å². The SMILES string of the molecule is CCOC(=O)[C@H]1N[C@@H]2C[C@@H]1CN(C(C)=O)C2. The van der Waals surface area contributed by atoms with E-state index >= 15 is 0 Å². The number of ether oxygens (including phenoxy) is 1. The Labute approximate surface area is 95.1 Å². The van der Waals surface area contributed by atoms with Gasteiger partial charge in [-0.05, 0) is 13.3 Å². The predicted molar refractivity (Wildman–Crippen MR) is 57.7 cm³/mol. The summed E-state index contributed by atoms with van der Waals surface area (Å²) in [4.78, 5) is 24.8. The van der Waals surface area contributed by atoms with Gasteiger partial charge in [0.1, 0.15) is 6.04 Å². The topological polar surface area (TPSA) is 58.6 Å². The number of hydrogen-bond donors (Lipinski definition) is 1. The maximum atomic E-state index is 11.7. The van der Waals surface area contributed by atoms with Crippen molar-refractivity contribution < 1.29 is 14.3 Å². The first kappa shape index (κ1) is 11.4. The molecule has 0 saturated carbocycles. The maximum Gasteiger partial charge on any atom is 0.323 e. The molecule has 0 aliphatic carbocycles. The molecule has 0 aromatic heterocycles. The van der Waals surface area contributed by atoms with E-state index in [1.165, 1.54) is 0 Å². The molecule has 2 rings (SSSR count). The Morgan fingerprint density at radius 2 is 2.19 bits per heavy atom. The first-order chi connectivity index (χ1) is 7.61. The largest absolute Gasteiger partial charge is 0.465 e. The standard InChI is InChI=1S/C11H18N2O3/c1-3-16-11(15)10-8-4-9(12-10)6-13(5-8)7(2)14/h8-10,12H,3-6H2,1-2H3/t8-,9-,10+/m1/s1. The van der Waals surface area contributed by atoms with Crippen molar-refractivity contribution in [3.8, 4) is 0 Å². The molecule has 0 unspecified atom stereocenters. The Bertz CT molecular complexity index is 306. The highest BCUT2D eigenvalue weighted by Crippen LogP contribution is 2.28. The van der Waals surface area contributed by atoms with Gasteiger partial charge in [-0.2, -0.15) is 0 Å². The summed E-state index contributed by atoms with van der Waals surface area (Å²) < 4.78 is 5.02. The molecule has 2 aliphatic rings. The third kappa shape index (κ3) is 2.04. The van der Waals surface area contributed by atoms with E-state index < -0.39 is 0 Å². The van der Waals surface area contributed by atoms with Crippen molar-refractivity contribution in [1.29, 1.82) is 0 Å². The molecule has 1 N–H and O–H groups in total. The summed E-state index contributed by atoms with van der Waals surface area (Å²) >= 11 is 0.